The number of rotatable bonds is 2. The van der Waals surface area contributed by atoms with E-state index in [1.807, 2.05) is 42.9 Å². The van der Waals surface area contributed by atoms with Crippen LogP contribution >= 0.6 is 0 Å². The lowest BCUT2D eigenvalue weighted by Gasteiger charge is -2.22. The van der Waals surface area contributed by atoms with Crippen LogP contribution in [0.4, 0.5) is 5.95 Å². The number of para-hydroxylation sites is 2. The van der Waals surface area contributed by atoms with Gasteiger partial charge in [-0.05, 0) is 33.2 Å². The van der Waals surface area contributed by atoms with E-state index in [1.54, 1.807) is 0 Å². The maximum Gasteiger partial charge on any atom is 0.202 e. The minimum atomic E-state index is 0.206. The van der Waals surface area contributed by atoms with Crippen LogP contribution in [0.3, 0.4) is 0 Å². The second-order valence-corrected chi connectivity index (χ2v) is 3.92. The predicted octanol–water partition coefficient (Wildman–Crippen LogP) is 1.70. The molecule has 1 aromatic heterocycles. The van der Waals surface area contributed by atoms with Crippen molar-refractivity contribution >= 4 is 17.0 Å². The van der Waals surface area contributed by atoms with Crippen molar-refractivity contribution in [3.05, 3.63) is 24.3 Å². The fourth-order valence-electron chi connectivity index (χ4n) is 1.69. The number of anilines is 1. The zero-order valence-corrected chi connectivity index (χ0v) is 9.31. The zero-order valence-electron chi connectivity index (χ0n) is 9.31. The van der Waals surface area contributed by atoms with E-state index in [-0.39, 0.29) is 6.17 Å². The Bertz CT molecular complexity index is 472. The van der Waals surface area contributed by atoms with Gasteiger partial charge in [-0.15, -0.1) is 0 Å². The molecule has 4 heteroatoms. The molecule has 0 saturated heterocycles. The third-order valence-corrected chi connectivity index (χ3v) is 2.74. The molecule has 0 aliphatic carbocycles. The first-order valence-electron chi connectivity index (χ1n) is 5.00. The first kappa shape index (κ1) is 9.98. The standard InChI is InChI=1S/C11H16N4/c1-8(14(2)3)15-10-7-5-4-6-9(10)13-11(15)12/h4-8H,1-3H3,(H2,12,13). The molecule has 1 aromatic carbocycles. The molecular formula is C11H16N4. The van der Waals surface area contributed by atoms with Gasteiger partial charge in [0.2, 0.25) is 5.95 Å². The highest BCUT2D eigenvalue weighted by molar-refractivity contribution is 5.78. The molecule has 0 fully saturated rings. The summed E-state index contributed by atoms with van der Waals surface area (Å²) in [7, 11) is 4.05. The molecule has 0 amide bonds. The number of hydrogen-bond donors (Lipinski definition) is 1. The van der Waals surface area contributed by atoms with Crippen molar-refractivity contribution in [3.8, 4) is 0 Å². The molecule has 0 radical (unpaired) electrons. The van der Waals surface area contributed by atoms with E-state index in [9.17, 15) is 0 Å². The summed E-state index contributed by atoms with van der Waals surface area (Å²) in [5, 5.41) is 0. The number of nitrogens with two attached hydrogens (primary N) is 1. The van der Waals surface area contributed by atoms with Gasteiger partial charge in [-0.25, -0.2) is 4.98 Å². The maximum atomic E-state index is 5.92. The second kappa shape index (κ2) is 3.55. The van der Waals surface area contributed by atoms with Crippen LogP contribution in [0.25, 0.3) is 11.0 Å². The number of imidazole rings is 1. The van der Waals surface area contributed by atoms with Gasteiger partial charge in [0.1, 0.15) is 0 Å². The molecule has 15 heavy (non-hydrogen) atoms. The average molecular weight is 204 g/mol. The van der Waals surface area contributed by atoms with E-state index < -0.39 is 0 Å². The first-order valence-corrected chi connectivity index (χ1v) is 5.00. The summed E-state index contributed by atoms with van der Waals surface area (Å²) in [6.45, 7) is 2.10. The normalized spacial score (nSPS) is 13.6. The Morgan fingerprint density at radius 2 is 2.00 bits per heavy atom. The van der Waals surface area contributed by atoms with Gasteiger partial charge in [0, 0.05) is 0 Å². The van der Waals surface area contributed by atoms with Crippen molar-refractivity contribution < 1.29 is 0 Å². The van der Waals surface area contributed by atoms with Gasteiger partial charge in [0.15, 0.2) is 0 Å². The number of hydrogen-bond acceptors (Lipinski definition) is 3. The Morgan fingerprint density at radius 3 is 2.67 bits per heavy atom. The van der Waals surface area contributed by atoms with E-state index in [4.69, 9.17) is 5.73 Å². The van der Waals surface area contributed by atoms with Gasteiger partial charge in [0.05, 0.1) is 17.2 Å². The van der Waals surface area contributed by atoms with Crippen LogP contribution in [0, 0.1) is 0 Å². The zero-order chi connectivity index (χ0) is 11.0. The minimum Gasteiger partial charge on any atom is -0.369 e. The quantitative estimate of drug-likeness (QED) is 0.810. The molecule has 2 N–H and O–H groups in total. The molecule has 2 aromatic rings. The predicted molar refractivity (Wildman–Crippen MR) is 62.5 cm³/mol. The number of nitrogen functional groups attached to an aromatic ring is 1. The summed E-state index contributed by atoms with van der Waals surface area (Å²) < 4.78 is 2.04. The Labute approximate surface area is 89.3 Å². The number of nitrogens with zero attached hydrogens (tertiary/aromatic N) is 3. The van der Waals surface area contributed by atoms with E-state index >= 15 is 0 Å². The molecule has 1 unspecified atom stereocenters. The summed E-state index contributed by atoms with van der Waals surface area (Å²) in [5.74, 6) is 0.567. The average Bonchev–Trinajstić information content (AvgIpc) is 2.52. The monoisotopic (exact) mass is 204 g/mol. The Balaban J connectivity index is 2.63. The Hall–Kier alpha value is -1.55. The van der Waals surface area contributed by atoms with Crippen LogP contribution in [0.1, 0.15) is 13.1 Å². The van der Waals surface area contributed by atoms with Gasteiger partial charge in [-0.1, -0.05) is 12.1 Å². The van der Waals surface area contributed by atoms with Crippen molar-refractivity contribution in [2.75, 3.05) is 19.8 Å². The van der Waals surface area contributed by atoms with Crippen LogP contribution in [-0.2, 0) is 0 Å². The van der Waals surface area contributed by atoms with Gasteiger partial charge in [0.25, 0.3) is 0 Å². The minimum absolute atomic E-state index is 0.206. The van der Waals surface area contributed by atoms with Crippen LogP contribution in [0.5, 0.6) is 0 Å². The van der Waals surface area contributed by atoms with Crippen molar-refractivity contribution in [3.63, 3.8) is 0 Å². The third-order valence-electron chi connectivity index (χ3n) is 2.74. The highest BCUT2D eigenvalue weighted by atomic mass is 15.3. The van der Waals surface area contributed by atoms with E-state index in [1.165, 1.54) is 0 Å². The lowest BCUT2D eigenvalue weighted by atomic mass is 10.3. The van der Waals surface area contributed by atoms with Crippen molar-refractivity contribution in [1.82, 2.24) is 14.5 Å². The number of fused-ring (bicyclic) bond motifs is 1. The smallest absolute Gasteiger partial charge is 0.202 e. The highest BCUT2D eigenvalue weighted by Gasteiger charge is 2.14. The molecule has 1 heterocycles. The van der Waals surface area contributed by atoms with Gasteiger partial charge < -0.3 is 5.73 Å². The van der Waals surface area contributed by atoms with Crippen LogP contribution in [0.15, 0.2) is 24.3 Å². The molecule has 2 rings (SSSR count). The molecule has 0 spiro atoms. The summed E-state index contributed by atoms with van der Waals surface area (Å²) in [6.07, 6.45) is 0.206. The Morgan fingerprint density at radius 1 is 1.33 bits per heavy atom. The maximum absolute atomic E-state index is 5.92. The van der Waals surface area contributed by atoms with Gasteiger partial charge in [-0.2, -0.15) is 0 Å². The number of aromatic nitrogens is 2. The lowest BCUT2D eigenvalue weighted by Crippen LogP contribution is -2.23. The van der Waals surface area contributed by atoms with Crippen LogP contribution < -0.4 is 5.73 Å². The van der Waals surface area contributed by atoms with Crippen LogP contribution in [0.2, 0.25) is 0 Å². The fraction of sp³-hybridized carbons (Fsp3) is 0.364. The lowest BCUT2D eigenvalue weighted by molar-refractivity contribution is 0.246. The van der Waals surface area contributed by atoms with Crippen molar-refractivity contribution in [2.45, 2.75) is 13.1 Å². The summed E-state index contributed by atoms with van der Waals surface area (Å²) in [5.41, 5.74) is 7.94. The molecule has 0 bridgehead atoms. The molecule has 1 atom stereocenters. The molecule has 0 saturated carbocycles. The molecular weight excluding hydrogens is 188 g/mol. The summed E-state index contributed by atoms with van der Waals surface area (Å²) in [6, 6.07) is 7.99. The fourth-order valence-corrected chi connectivity index (χ4v) is 1.69. The number of benzene rings is 1. The van der Waals surface area contributed by atoms with Crippen molar-refractivity contribution in [1.29, 1.82) is 0 Å². The van der Waals surface area contributed by atoms with Gasteiger partial charge >= 0.3 is 0 Å². The first-order chi connectivity index (χ1) is 7.11. The summed E-state index contributed by atoms with van der Waals surface area (Å²) >= 11 is 0. The van der Waals surface area contributed by atoms with Crippen molar-refractivity contribution in [2.24, 2.45) is 0 Å². The Kier molecular flexibility index (Phi) is 2.36. The molecule has 80 valence electrons. The highest BCUT2D eigenvalue weighted by Crippen LogP contribution is 2.23. The van der Waals surface area contributed by atoms with Gasteiger partial charge in [-0.3, -0.25) is 9.47 Å². The molecule has 4 nitrogen and oxygen atoms in total. The summed E-state index contributed by atoms with van der Waals surface area (Å²) in [4.78, 5) is 6.43. The van der Waals surface area contributed by atoms with E-state index in [0.29, 0.717) is 5.95 Å². The molecule has 0 aliphatic heterocycles. The SMILES string of the molecule is CC(N(C)C)n1c(N)nc2ccccc21. The molecule has 0 aliphatic rings. The van der Waals surface area contributed by atoms with Crippen LogP contribution in [-0.4, -0.2) is 28.5 Å². The topological polar surface area (TPSA) is 47.1 Å². The third kappa shape index (κ3) is 1.57. The van der Waals surface area contributed by atoms with E-state index in [0.717, 1.165) is 11.0 Å². The van der Waals surface area contributed by atoms with E-state index in [2.05, 4.69) is 16.8 Å². The second-order valence-electron chi connectivity index (χ2n) is 3.92. The largest absolute Gasteiger partial charge is 0.369 e.